The van der Waals surface area contributed by atoms with Crippen molar-refractivity contribution in [3.63, 3.8) is 0 Å². The first-order valence-electron chi connectivity index (χ1n) is 5.09. The molecule has 4 heteroatoms. The Morgan fingerprint density at radius 1 is 1.36 bits per heavy atom. The summed E-state index contributed by atoms with van der Waals surface area (Å²) < 4.78 is 25.6. The van der Waals surface area contributed by atoms with Crippen LogP contribution in [0.2, 0.25) is 0 Å². The summed E-state index contributed by atoms with van der Waals surface area (Å²) in [6.45, 7) is 3.76. The molecular weight excluding hydrogens is 188 g/mol. The second-order valence-corrected chi connectivity index (χ2v) is 4.78. The van der Waals surface area contributed by atoms with Crippen molar-refractivity contribution < 1.29 is 13.6 Å². The normalized spacial score (nSPS) is 38.2. The summed E-state index contributed by atoms with van der Waals surface area (Å²) in [5.41, 5.74) is 0. The van der Waals surface area contributed by atoms with Gasteiger partial charge in [-0.3, -0.25) is 4.79 Å². The highest BCUT2D eigenvalue weighted by Crippen LogP contribution is 2.62. The van der Waals surface area contributed by atoms with Crippen molar-refractivity contribution >= 4 is 5.91 Å². The van der Waals surface area contributed by atoms with Gasteiger partial charge in [0, 0.05) is 24.8 Å². The Hall–Kier alpha value is -0.670. The highest BCUT2D eigenvalue weighted by atomic mass is 19.3. The van der Waals surface area contributed by atoms with Crippen molar-refractivity contribution in [2.24, 2.45) is 17.8 Å². The number of carbonyl (C=O) groups is 1. The number of hydrogen-bond donors (Lipinski definition) is 1. The summed E-state index contributed by atoms with van der Waals surface area (Å²) in [6.07, 6.45) is -0.179. The number of carbonyl (C=O) groups excluding carboxylic acids is 1. The molecule has 0 heterocycles. The molecule has 2 saturated carbocycles. The van der Waals surface area contributed by atoms with Crippen LogP contribution < -0.4 is 5.32 Å². The fourth-order valence-electron chi connectivity index (χ4n) is 2.54. The third-order valence-corrected chi connectivity index (χ3v) is 3.13. The molecule has 0 unspecified atom stereocenters. The molecule has 14 heavy (non-hydrogen) atoms. The lowest BCUT2D eigenvalue weighted by Gasteiger charge is -2.14. The van der Waals surface area contributed by atoms with E-state index in [9.17, 15) is 13.6 Å². The monoisotopic (exact) mass is 203 g/mol. The molecule has 80 valence electrons. The lowest BCUT2D eigenvalue weighted by atomic mass is 10.1. The van der Waals surface area contributed by atoms with E-state index in [1.165, 1.54) is 0 Å². The van der Waals surface area contributed by atoms with E-state index in [4.69, 9.17) is 0 Å². The van der Waals surface area contributed by atoms with Crippen molar-refractivity contribution in [2.75, 3.05) is 0 Å². The van der Waals surface area contributed by atoms with E-state index in [1.807, 2.05) is 13.8 Å². The summed E-state index contributed by atoms with van der Waals surface area (Å²) >= 11 is 0. The van der Waals surface area contributed by atoms with E-state index in [0.29, 0.717) is 0 Å². The van der Waals surface area contributed by atoms with Gasteiger partial charge >= 0.3 is 0 Å². The molecule has 2 rings (SSSR count). The van der Waals surface area contributed by atoms with Crippen LogP contribution in [-0.4, -0.2) is 17.9 Å². The number of halogens is 2. The zero-order valence-corrected chi connectivity index (χ0v) is 8.39. The lowest BCUT2D eigenvalue weighted by Crippen LogP contribution is -2.33. The van der Waals surface area contributed by atoms with Gasteiger partial charge in [-0.25, -0.2) is 8.78 Å². The van der Waals surface area contributed by atoms with Gasteiger partial charge in [-0.1, -0.05) is 0 Å². The van der Waals surface area contributed by atoms with Gasteiger partial charge in [0.15, 0.2) is 0 Å². The van der Waals surface area contributed by atoms with E-state index in [1.54, 1.807) is 0 Å². The summed E-state index contributed by atoms with van der Waals surface area (Å²) in [7, 11) is 0. The first-order valence-corrected chi connectivity index (χ1v) is 5.09. The molecule has 0 radical (unpaired) electrons. The Balaban J connectivity index is 1.87. The highest BCUT2D eigenvalue weighted by molar-refractivity contribution is 5.82. The zero-order chi connectivity index (χ0) is 10.5. The predicted octanol–water partition coefficient (Wildman–Crippen LogP) is 1.80. The van der Waals surface area contributed by atoms with E-state index in [2.05, 4.69) is 5.32 Å². The van der Waals surface area contributed by atoms with Gasteiger partial charge < -0.3 is 5.32 Å². The van der Waals surface area contributed by atoms with Gasteiger partial charge in [0.1, 0.15) is 0 Å². The third kappa shape index (κ3) is 1.62. The summed E-state index contributed by atoms with van der Waals surface area (Å²) in [5, 5.41) is 2.78. The third-order valence-electron chi connectivity index (χ3n) is 3.13. The molecule has 0 bridgehead atoms. The van der Waals surface area contributed by atoms with Crippen molar-refractivity contribution in [3.8, 4) is 0 Å². The van der Waals surface area contributed by atoms with Crippen LogP contribution in [-0.2, 0) is 4.79 Å². The van der Waals surface area contributed by atoms with Crippen LogP contribution in [0.5, 0.6) is 0 Å². The van der Waals surface area contributed by atoms with Crippen molar-refractivity contribution in [1.29, 1.82) is 0 Å². The molecule has 2 aliphatic rings. The second-order valence-electron chi connectivity index (χ2n) is 4.78. The first-order chi connectivity index (χ1) is 6.41. The van der Waals surface area contributed by atoms with Crippen LogP contribution in [0.1, 0.15) is 26.7 Å². The SMILES string of the molecule is CC(C)NC(=O)[C@H]1[C@@H]2CC(F)(F)C[C@@H]21. The Bertz CT molecular complexity index is 251. The second kappa shape index (κ2) is 2.91. The minimum absolute atomic E-state index is 0.0366. The van der Waals surface area contributed by atoms with Crippen LogP contribution in [0.3, 0.4) is 0 Å². The number of rotatable bonds is 2. The van der Waals surface area contributed by atoms with Gasteiger partial charge in [0.2, 0.25) is 11.8 Å². The van der Waals surface area contributed by atoms with Gasteiger partial charge in [-0.2, -0.15) is 0 Å². The van der Waals surface area contributed by atoms with Crippen molar-refractivity contribution in [1.82, 2.24) is 5.32 Å². The molecule has 3 atom stereocenters. The first kappa shape index (κ1) is 9.87. The number of amides is 1. The van der Waals surface area contributed by atoms with E-state index < -0.39 is 5.92 Å². The number of hydrogen-bond acceptors (Lipinski definition) is 1. The van der Waals surface area contributed by atoms with Crippen molar-refractivity contribution in [3.05, 3.63) is 0 Å². The van der Waals surface area contributed by atoms with E-state index in [-0.39, 0.29) is 42.5 Å². The molecule has 1 N–H and O–H groups in total. The van der Waals surface area contributed by atoms with Crippen LogP contribution in [0.15, 0.2) is 0 Å². The number of alkyl halides is 2. The molecule has 2 fully saturated rings. The van der Waals surface area contributed by atoms with Gasteiger partial charge in [0.05, 0.1) is 0 Å². The molecule has 0 aromatic carbocycles. The Morgan fingerprint density at radius 2 is 1.86 bits per heavy atom. The molecule has 0 spiro atoms. The summed E-state index contributed by atoms with van der Waals surface area (Å²) in [6, 6.07) is 0.101. The fraction of sp³-hybridized carbons (Fsp3) is 0.900. The average molecular weight is 203 g/mol. The van der Waals surface area contributed by atoms with Gasteiger partial charge in [0.25, 0.3) is 0 Å². The number of nitrogens with one attached hydrogen (secondary N) is 1. The topological polar surface area (TPSA) is 29.1 Å². The van der Waals surface area contributed by atoms with Crippen LogP contribution in [0.4, 0.5) is 8.78 Å². The fourth-order valence-corrected chi connectivity index (χ4v) is 2.54. The maximum Gasteiger partial charge on any atom is 0.248 e. The molecule has 0 aliphatic heterocycles. The lowest BCUT2D eigenvalue weighted by molar-refractivity contribution is -0.124. The number of fused-ring (bicyclic) bond motifs is 1. The van der Waals surface area contributed by atoms with Crippen molar-refractivity contribution in [2.45, 2.75) is 38.7 Å². The molecule has 0 aromatic rings. The van der Waals surface area contributed by atoms with E-state index >= 15 is 0 Å². The molecule has 0 aromatic heterocycles. The summed E-state index contributed by atoms with van der Waals surface area (Å²) in [4.78, 5) is 11.5. The van der Waals surface area contributed by atoms with Crippen LogP contribution >= 0.6 is 0 Å². The molecular formula is C10H15F2NO. The zero-order valence-electron chi connectivity index (χ0n) is 8.39. The Morgan fingerprint density at radius 3 is 2.29 bits per heavy atom. The minimum Gasteiger partial charge on any atom is -0.354 e. The van der Waals surface area contributed by atoms with Gasteiger partial charge in [-0.15, -0.1) is 0 Å². The average Bonchev–Trinajstić information content (AvgIpc) is 2.49. The van der Waals surface area contributed by atoms with E-state index in [0.717, 1.165) is 0 Å². The predicted molar refractivity (Wildman–Crippen MR) is 47.9 cm³/mol. The maximum absolute atomic E-state index is 12.8. The molecule has 2 aliphatic carbocycles. The summed E-state index contributed by atoms with van der Waals surface area (Å²) in [5.74, 6) is -2.78. The Kier molecular flexibility index (Phi) is 2.05. The Labute approximate surface area is 82.1 Å². The molecule has 1 amide bonds. The smallest absolute Gasteiger partial charge is 0.248 e. The quantitative estimate of drug-likeness (QED) is 0.728. The van der Waals surface area contributed by atoms with Crippen LogP contribution in [0.25, 0.3) is 0 Å². The minimum atomic E-state index is -2.51. The highest BCUT2D eigenvalue weighted by Gasteiger charge is 2.65. The largest absolute Gasteiger partial charge is 0.354 e. The molecule has 0 saturated heterocycles. The molecule has 2 nitrogen and oxygen atoms in total. The standard InChI is InChI=1S/C10H15F2NO/c1-5(2)13-9(14)8-6-3-10(11,12)4-7(6)8/h5-8H,3-4H2,1-2H3,(H,13,14)/t6-,7+,8+. The van der Waals surface area contributed by atoms with Crippen LogP contribution in [0, 0.1) is 17.8 Å². The van der Waals surface area contributed by atoms with Gasteiger partial charge in [-0.05, 0) is 25.7 Å². The maximum atomic E-state index is 12.8.